The van der Waals surface area contributed by atoms with Crippen molar-refractivity contribution in [1.29, 1.82) is 0 Å². The largest absolute Gasteiger partial charge is 0.370 e. The first-order valence-electron chi connectivity index (χ1n) is 6.50. The maximum Gasteiger partial charge on any atom is 0.205 e. The van der Waals surface area contributed by atoms with Gasteiger partial charge in [0.25, 0.3) is 0 Å². The number of hydrogen-bond acceptors (Lipinski definition) is 3. The quantitative estimate of drug-likeness (QED) is 0.854. The van der Waals surface area contributed by atoms with Crippen molar-refractivity contribution in [1.82, 2.24) is 0 Å². The SMILES string of the molecule is CN(c1ccc(Cl)cc1)C1CC(c2ccccc2)=NO1. The second-order valence-corrected chi connectivity index (χ2v) is 5.19. The molecule has 1 heterocycles. The van der Waals surface area contributed by atoms with Gasteiger partial charge in [0.05, 0.1) is 12.1 Å². The van der Waals surface area contributed by atoms with Gasteiger partial charge in [-0.25, -0.2) is 0 Å². The molecule has 3 nitrogen and oxygen atoms in total. The summed E-state index contributed by atoms with van der Waals surface area (Å²) in [5.74, 6) is 0. The minimum atomic E-state index is -0.0774. The Morgan fingerprint density at radius 1 is 1.10 bits per heavy atom. The molecule has 0 spiro atoms. The fourth-order valence-corrected chi connectivity index (χ4v) is 2.34. The van der Waals surface area contributed by atoms with E-state index in [4.69, 9.17) is 16.4 Å². The van der Waals surface area contributed by atoms with Crippen LogP contribution in [0.15, 0.2) is 59.8 Å². The van der Waals surface area contributed by atoms with Crippen LogP contribution in [0.3, 0.4) is 0 Å². The van der Waals surface area contributed by atoms with Crippen LogP contribution in [-0.2, 0) is 4.84 Å². The first-order chi connectivity index (χ1) is 9.74. The Kier molecular flexibility index (Phi) is 3.61. The van der Waals surface area contributed by atoms with Crippen LogP contribution in [0.5, 0.6) is 0 Å². The molecule has 0 aromatic heterocycles. The molecule has 0 bridgehead atoms. The number of benzene rings is 2. The van der Waals surface area contributed by atoms with Crippen LogP contribution in [0, 0.1) is 0 Å². The van der Waals surface area contributed by atoms with Gasteiger partial charge in [0.15, 0.2) is 0 Å². The standard InChI is InChI=1S/C16H15ClN2O/c1-19(14-9-7-13(17)8-10-14)16-11-15(18-20-16)12-5-3-2-4-6-12/h2-10,16H,11H2,1H3. The third kappa shape index (κ3) is 2.63. The molecule has 1 aliphatic heterocycles. The van der Waals surface area contributed by atoms with Gasteiger partial charge >= 0.3 is 0 Å². The molecular formula is C16H15ClN2O. The second-order valence-electron chi connectivity index (χ2n) is 4.76. The number of nitrogens with zero attached hydrogens (tertiary/aromatic N) is 2. The van der Waals surface area contributed by atoms with E-state index in [-0.39, 0.29) is 6.23 Å². The number of oxime groups is 1. The molecule has 4 heteroatoms. The Balaban J connectivity index is 1.71. The van der Waals surface area contributed by atoms with E-state index in [1.54, 1.807) is 0 Å². The molecule has 0 amide bonds. The molecule has 0 saturated heterocycles. The van der Waals surface area contributed by atoms with Crippen LogP contribution in [0.25, 0.3) is 0 Å². The number of anilines is 1. The van der Waals surface area contributed by atoms with Crippen LogP contribution in [0.2, 0.25) is 5.02 Å². The molecular weight excluding hydrogens is 272 g/mol. The Morgan fingerprint density at radius 3 is 2.50 bits per heavy atom. The summed E-state index contributed by atoms with van der Waals surface area (Å²) in [5, 5.41) is 4.93. The highest BCUT2D eigenvalue weighted by Crippen LogP contribution is 2.24. The topological polar surface area (TPSA) is 24.8 Å². The van der Waals surface area contributed by atoms with Crippen LogP contribution >= 0.6 is 11.6 Å². The van der Waals surface area contributed by atoms with Gasteiger partial charge < -0.3 is 9.74 Å². The van der Waals surface area contributed by atoms with Crippen LogP contribution in [0.4, 0.5) is 5.69 Å². The minimum absolute atomic E-state index is 0.0774. The highest BCUT2D eigenvalue weighted by molar-refractivity contribution is 6.30. The van der Waals surface area contributed by atoms with Crippen LogP contribution < -0.4 is 4.90 Å². The molecule has 0 N–H and O–H groups in total. The normalized spacial score (nSPS) is 17.5. The van der Waals surface area contributed by atoms with E-state index in [9.17, 15) is 0 Å². The number of hydrogen-bond donors (Lipinski definition) is 0. The fraction of sp³-hybridized carbons (Fsp3) is 0.188. The second kappa shape index (κ2) is 5.55. The first-order valence-corrected chi connectivity index (χ1v) is 6.88. The highest BCUT2D eigenvalue weighted by atomic mass is 35.5. The molecule has 102 valence electrons. The summed E-state index contributed by atoms with van der Waals surface area (Å²) in [7, 11) is 2.00. The zero-order chi connectivity index (χ0) is 13.9. The molecule has 0 aliphatic carbocycles. The van der Waals surface area contributed by atoms with Gasteiger partial charge in [-0.15, -0.1) is 0 Å². The third-order valence-corrected chi connectivity index (χ3v) is 3.68. The van der Waals surface area contributed by atoms with Gasteiger partial charge in [-0.2, -0.15) is 0 Å². The van der Waals surface area contributed by atoms with E-state index < -0.39 is 0 Å². The zero-order valence-electron chi connectivity index (χ0n) is 11.2. The van der Waals surface area contributed by atoms with Crippen molar-refractivity contribution in [3.63, 3.8) is 0 Å². The molecule has 0 fully saturated rings. The lowest BCUT2D eigenvalue weighted by atomic mass is 10.1. The molecule has 3 rings (SSSR count). The van der Waals surface area contributed by atoms with Gasteiger partial charge in [-0.05, 0) is 29.8 Å². The Hall–Kier alpha value is -2.00. The molecule has 0 saturated carbocycles. The lowest BCUT2D eigenvalue weighted by Gasteiger charge is -2.24. The van der Waals surface area contributed by atoms with Gasteiger partial charge in [0.1, 0.15) is 0 Å². The smallest absolute Gasteiger partial charge is 0.205 e. The fourth-order valence-electron chi connectivity index (χ4n) is 2.22. The first kappa shape index (κ1) is 13.0. The summed E-state index contributed by atoms with van der Waals surface area (Å²) in [5.41, 5.74) is 3.15. The van der Waals surface area contributed by atoms with Gasteiger partial charge in [0.2, 0.25) is 6.23 Å². The maximum atomic E-state index is 5.91. The van der Waals surface area contributed by atoms with Gasteiger partial charge in [-0.1, -0.05) is 47.1 Å². The van der Waals surface area contributed by atoms with E-state index in [1.165, 1.54) is 0 Å². The van der Waals surface area contributed by atoms with E-state index in [1.807, 2.05) is 61.6 Å². The van der Waals surface area contributed by atoms with E-state index in [0.717, 1.165) is 28.4 Å². The third-order valence-electron chi connectivity index (χ3n) is 3.43. The van der Waals surface area contributed by atoms with Crippen LogP contribution in [-0.4, -0.2) is 19.0 Å². The summed E-state index contributed by atoms with van der Waals surface area (Å²) in [6.45, 7) is 0. The lowest BCUT2D eigenvalue weighted by molar-refractivity contribution is 0.0863. The van der Waals surface area contributed by atoms with Gasteiger partial charge in [0, 0.05) is 17.8 Å². The Labute approximate surface area is 123 Å². The molecule has 2 aromatic rings. The van der Waals surface area contributed by atoms with Crippen molar-refractivity contribution in [3.8, 4) is 0 Å². The summed E-state index contributed by atoms with van der Waals surface area (Å²) >= 11 is 5.91. The van der Waals surface area contributed by atoms with Crippen molar-refractivity contribution < 1.29 is 4.84 Å². The molecule has 1 aliphatic rings. The molecule has 20 heavy (non-hydrogen) atoms. The van der Waals surface area contributed by atoms with E-state index in [0.29, 0.717) is 0 Å². The average Bonchev–Trinajstić information content (AvgIpc) is 2.98. The molecule has 1 atom stereocenters. The zero-order valence-corrected chi connectivity index (χ0v) is 11.9. The average molecular weight is 287 g/mol. The summed E-state index contributed by atoms with van der Waals surface area (Å²) in [6, 6.07) is 17.8. The summed E-state index contributed by atoms with van der Waals surface area (Å²) in [6.07, 6.45) is 0.690. The molecule has 0 radical (unpaired) electrons. The maximum absolute atomic E-state index is 5.91. The lowest BCUT2D eigenvalue weighted by Crippen LogP contribution is -2.31. The highest BCUT2D eigenvalue weighted by Gasteiger charge is 2.25. The van der Waals surface area contributed by atoms with Crippen molar-refractivity contribution in [3.05, 3.63) is 65.2 Å². The molecule has 1 unspecified atom stereocenters. The van der Waals surface area contributed by atoms with Gasteiger partial charge in [-0.3, -0.25) is 0 Å². The van der Waals surface area contributed by atoms with E-state index >= 15 is 0 Å². The predicted molar refractivity (Wildman–Crippen MR) is 82.3 cm³/mol. The van der Waals surface area contributed by atoms with Crippen molar-refractivity contribution in [2.24, 2.45) is 5.16 Å². The monoisotopic (exact) mass is 286 g/mol. The molecule has 2 aromatic carbocycles. The van der Waals surface area contributed by atoms with Crippen molar-refractivity contribution in [2.45, 2.75) is 12.6 Å². The predicted octanol–water partition coefficient (Wildman–Crippen LogP) is 3.93. The van der Waals surface area contributed by atoms with Crippen LogP contribution in [0.1, 0.15) is 12.0 Å². The van der Waals surface area contributed by atoms with E-state index in [2.05, 4.69) is 10.1 Å². The minimum Gasteiger partial charge on any atom is -0.370 e. The Morgan fingerprint density at radius 2 is 1.80 bits per heavy atom. The summed E-state index contributed by atoms with van der Waals surface area (Å²) in [4.78, 5) is 7.61. The summed E-state index contributed by atoms with van der Waals surface area (Å²) < 4.78 is 0. The number of halogens is 1. The van der Waals surface area contributed by atoms with Crippen molar-refractivity contribution in [2.75, 3.05) is 11.9 Å². The Bertz CT molecular complexity index is 610. The number of rotatable bonds is 3. The van der Waals surface area contributed by atoms with Crippen molar-refractivity contribution >= 4 is 23.0 Å².